The molecule has 4 nitrogen and oxygen atoms in total. The highest BCUT2D eigenvalue weighted by Gasteiger charge is 2.17. The van der Waals surface area contributed by atoms with Gasteiger partial charge in [-0.25, -0.2) is 4.39 Å². The SMILES string of the molecule is CCC(Oc1cccc(C)c1)C(=O)NCCOc1ccc(F)cc1. The Morgan fingerprint density at radius 1 is 1.17 bits per heavy atom. The van der Waals surface area contributed by atoms with Crippen molar-refractivity contribution in [3.8, 4) is 11.5 Å². The number of hydrogen-bond donors (Lipinski definition) is 1. The standard InChI is InChI=1S/C19H22FNO3/c1-3-18(24-17-6-4-5-14(2)13-17)19(22)21-11-12-23-16-9-7-15(20)8-10-16/h4-10,13,18H,3,11-12H2,1-2H3,(H,21,22). The van der Waals surface area contributed by atoms with Gasteiger partial charge < -0.3 is 14.8 Å². The van der Waals surface area contributed by atoms with Crippen LogP contribution < -0.4 is 14.8 Å². The van der Waals surface area contributed by atoms with Crippen LogP contribution in [0.2, 0.25) is 0 Å². The van der Waals surface area contributed by atoms with Gasteiger partial charge in [0.15, 0.2) is 6.10 Å². The van der Waals surface area contributed by atoms with Crippen LogP contribution in [0.25, 0.3) is 0 Å². The molecule has 2 aromatic rings. The smallest absolute Gasteiger partial charge is 0.261 e. The maximum absolute atomic E-state index is 12.8. The van der Waals surface area contributed by atoms with Crippen molar-refractivity contribution in [2.24, 2.45) is 0 Å². The Labute approximate surface area is 141 Å². The number of carbonyl (C=O) groups is 1. The van der Waals surface area contributed by atoms with E-state index in [0.29, 0.717) is 31.1 Å². The molecule has 2 aromatic carbocycles. The Kier molecular flexibility index (Phi) is 6.61. The molecule has 0 aromatic heterocycles. The third-order valence-corrected chi connectivity index (χ3v) is 3.41. The van der Waals surface area contributed by atoms with Gasteiger partial charge in [-0.1, -0.05) is 19.1 Å². The van der Waals surface area contributed by atoms with Crippen molar-refractivity contribution < 1.29 is 18.7 Å². The highest BCUT2D eigenvalue weighted by Crippen LogP contribution is 2.15. The first-order chi connectivity index (χ1) is 11.6. The minimum Gasteiger partial charge on any atom is -0.492 e. The summed E-state index contributed by atoms with van der Waals surface area (Å²) in [6.45, 7) is 4.53. The van der Waals surface area contributed by atoms with E-state index < -0.39 is 6.10 Å². The van der Waals surface area contributed by atoms with Crippen molar-refractivity contribution in [3.05, 3.63) is 59.9 Å². The molecule has 2 rings (SSSR count). The zero-order valence-electron chi connectivity index (χ0n) is 13.9. The molecule has 1 amide bonds. The van der Waals surface area contributed by atoms with E-state index in [1.165, 1.54) is 12.1 Å². The molecule has 0 bridgehead atoms. The summed E-state index contributed by atoms with van der Waals surface area (Å²) >= 11 is 0. The fourth-order valence-corrected chi connectivity index (χ4v) is 2.16. The van der Waals surface area contributed by atoms with Crippen molar-refractivity contribution in [1.29, 1.82) is 0 Å². The summed E-state index contributed by atoms with van der Waals surface area (Å²) in [4.78, 5) is 12.2. The van der Waals surface area contributed by atoms with E-state index in [9.17, 15) is 9.18 Å². The quantitative estimate of drug-likeness (QED) is 0.753. The van der Waals surface area contributed by atoms with Gasteiger partial charge in [-0.15, -0.1) is 0 Å². The summed E-state index contributed by atoms with van der Waals surface area (Å²) in [6.07, 6.45) is 0.0242. The summed E-state index contributed by atoms with van der Waals surface area (Å²) < 4.78 is 24.0. The van der Waals surface area contributed by atoms with Crippen LogP contribution in [0.15, 0.2) is 48.5 Å². The van der Waals surface area contributed by atoms with E-state index in [4.69, 9.17) is 9.47 Å². The topological polar surface area (TPSA) is 47.6 Å². The Balaban J connectivity index is 1.76. The molecule has 0 heterocycles. The third kappa shape index (κ3) is 5.57. The molecule has 1 unspecified atom stereocenters. The van der Waals surface area contributed by atoms with Crippen LogP contribution in [0.3, 0.4) is 0 Å². The summed E-state index contributed by atoms with van der Waals surface area (Å²) in [5.74, 6) is 0.754. The van der Waals surface area contributed by atoms with Crippen LogP contribution in [-0.2, 0) is 4.79 Å². The van der Waals surface area contributed by atoms with E-state index >= 15 is 0 Å². The Morgan fingerprint density at radius 3 is 2.58 bits per heavy atom. The van der Waals surface area contributed by atoms with E-state index in [1.54, 1.807) is 12.1 Å². The highest BCUT2D eigenvalue weighted by atomic mass is 19.1. The predicted molar refractivity (Wildman–Crippen MR) is 90.8 cm³/mol. The van der Waals surface area contributed by atoms with Gasteiger partial charge in [-0.2, -0.15) is 0 Å². The van der Waals surface area contributed by atoms with Gasteiger partial charge in [0.1, 0.15) is 23.9 Å². The Morgan fingerprint density at radius 2 is 1.92 bits per heavy atom. The lowest BCUT2D eigenvalue weighted by atomic mass is 10.2. The third-order valence-electron chi connectivity index (χ3n) is 3.41. The molecule has 0 aliphatic carbocycles. The van der Waals surface area contributed by atoms with E-state index in [1.807, 2.05) is 38.1 Å². The number of carbonyl (C=O) groups excluding carboxylic acids is 1. The molecule has 24 heavy (non-hydrogen) atoms. The van der Waals surface area contributed by atoms with Crippen molar-refractivity contribution in [2.75, 3.05) is 13.2 Å². The number of rotatable bonds is 8. The van der Waals surface area contributed by atoms with Crippen molar-refractivity contribution in [1.82, 2.24) is 5.32 Å². The van der Waals surface area contributed by atoms with Crippen LogP contribution in [-0.4, -0.2) is 25.2 Å². The number of ether oxygens (including phenoxy) is 2. The highest BCUT2D eigenvalue weighted by molar-refractivity contribution is 5.81. The van der Waals surface area contributed by atoms with Gasteiger partial charge >= 0.3 is 0 Å². The van der Waals surface area contributed by atoms with Crippen molar-refractivity contribution in [2.45, 2.75) is 26.4 Å². The van der Waals surface area contributed by atoms with Gasteiger partial charge in [-0.05, 0) is 55.3 Å². The number of amides is 1. The second kappa shape index (κ2) is 8.91. The molecule has 0 saturated carbocycles. The first-order valence-electron chi connectivity index (χ1n) is 7.98. The van der Waals surface area contributed by atoms with E-state index in [0.717, 1.165) is 5.56 Å². The molecule has 0 fully saturated rings. The predicted octanol–water partition coefficient (Wildman–Crippen LogP) is 3.49. The molecule has 0 aliphatic heterocycles. The number of halogens is 1. The first-order valence-corrected chi connectivity index (χ1v) is 7.98. The number of benzene rings is 2. The minimum atomic E-state index is -0.544. The molecule has 0 radical (unpaired) electrons. The normalized spacial score (nSPS) is 11.6. The van der Waals surface area contributed by atoms with E-state index in [-0.39, 0.29) is 11.7 Å². The lowest BCUT2D eigenvalue weighted by Crippen LogP contribution is -2.39. The van der Waals surface area contributed by atoms with Crippen LogP contribution in [0.4, 0.5) is 4.39 Å². The molecule has 128 valence electrons. The molecule has 0 spiro atoms. The number of nitrogens with one attached hydrogen (secondary N) is 1. The second-order valence-electron chi connectivity index (χ2n) is 5.42. The monoisotopic (exact) mass is 331 g/mol. The van der Waals surface area contributed by atoms with Crippen LogP contribution in [0.5, 0.6) is 11.5 Å². The summed E-state index contributed by atoms with van der Waals surface area (Å²) in [5, 5.41) is 2.79. The summed E-state index contributed by atoms with van der Waals surface area (Å²) in [7, 11) is 0. The fourth-order valence-electron chi connectivity index (χ4n) is 2.16. The zero-order chi connectivity index (χ0) is 17.4. The molecule has 0 aliphatic rings. The molecule has 1 N–H and O–H groups in total. The molecule has 0 saturated heterocycles. The number of hydrogen-bond acceptors (Lipinski definition) is 3. The maximum atomic E-state index is 12.8. The minimum absolute atomic E-state index is 0.179. The van der Waals surface area contributed by atoms with Crippen molar-refractivity contribution in [3.63, 3.8) is 0 Å². The Hall–Kier alpha value is -2.56. The summed E-state index contributed by atoms with van der Waals surface area (Å²) in [6, 6.07) is 13.4. The van der Waals surface area contributed by atoms with Crippen LogP contribution >= 0.6 is 0 Å². The molecular formula is C19H22FNO3. The van der Waals surface area contributed by atoms with Gasteiger partial charge in [0.2, 0.25) is 0 Å². The van der Waals surface area contributed by atoms with E-state index in [2.05, 4.69) is 5.32 Å². The Bertz CT molecular complexity index is 658. The van der Waals surface area contributed by atoms with Gasteiger partial charge in [0.05, 0.1) is 6.54 Å². The number of aryl methyl sites for hydroxylation is 1. The lowest BCUT2D eigenvalue weighted by molar-refractivity contribution is -0.128. The van der Waals surface area contributed by atoms with Crippen molar-refractivity contribution >= 4 is 5.91 Å². The second-order valence-corrected chi connectivity index (χ2v) is 5.42. The molecule has 1 atom stereocenters. The van der Waals surface area contributed by atoms with Gasteiger partial charge in [0, 0.05) is 0 Å². The average molecular weight is 331 g/mol. The zero-order valence-corrected chi connectivity index (χ0v) is 13.9. The fraction of sp³-hybridized carbons (Fsp3) is 0.316. The maximum Gasteiger partial charge on any atom is 0.261 e. The van der Waals surface area contributed by atoms with Crippen LogP contribution in [0, 0.1) is 12.7 Å². The average Bonchev–Trinajstić information content (AvgIpc) is 2.58. The molecular weight excluding hydrogens is 309 g/mol. The van der Waals surface area contributed by atoms with Gasteiger partial charge in [-0.3, -0.25) is 4.79 Å². The van der Waals surface area contributed by atoms with Crippen LogP contribution in [0.1, 0.15) is 18.9 Å². The summed E-state index contributed by atoms with van der Waals surface area (Å²) in [5.41, 5.74) is 1.08. The largest absolute Gasteiger partial charge is 0.492 e. The first kappa shape index (κ1) is 17.8. The lowest BCUT2D eigenvalue weighted by Gasteiger charge is -2.17. The van der Waals surface area contributed by atoms with Gasteiger partial charge in [0.25, 0.3) is 5.91 Å². The molecule has 5 heteroatoms.